The van der Waals surface area contributed by atoms with Gasteiger partial charge in [0.2, 0.25) is 0 Å². The van der Waals surface area contributed by atoms with Crippen LogP contribution in [0.15, 0.2) is 72.8 Å². The Hall–Kier alpha value is -3.35. The topological polar surface area (TPSA) is 50.1 Å². The first-order valence-electron chi connectivity index (χ1n) is 9.27. The molecule has 0 heterocycles. The van der Waals surface area contributed by atoms with Crippen molar-refractivity contribution < 1.29 is 9.53 Å². The van der Waals surface area contributed by atoms with Gasteiger partial charge in [0, 0.05) is 11.4 Å². The average Bonchev–Trinajstić information content (AvgIpc) is 2.72. The third kappa shape index (κ3) is 6.07. The van der Waals surface area contributed by atoms with Crippen LogP contribution in [0, 0.1) is 18.3 Å². The molecule has 0 fully saturated rings. The molecule has 0 aliphatic heterocycles. The van der Waals surface area contributed by atoms with Crippen molar-refractivity contribution >= 4 is 29.2 Å². The summed E-state index contributed by atoms with van der Waals surface area (Å²) in [4.78, 5) is 12.2. The van der Waals surface area contributed by atoms with Gasteiger partial charge in [0.05, 0.1) is 11.6 Å². The van der Waals surface area contributed by atoms with Crippen molar-refractivity contribution in [2.75, 3.05) is 0 Å². The Labute approximate surface area is 175 Å². The minimum Gasteiger partial charge on any atom is -0.426 e. The molecule has 0 aliphatic carbocycles. The second kappa shape index (κ2) is 9.73. The lowest BCUT2D eigenvalue weighted by Crippen LogP contribution is -2.09. The number of nitriles is 1. The quantitative estimate of drug-likeness (QED) is 0.212. The zero-order valence-electron chi connectivity index (χ0n) is 16.1. The Morgan fingerprint density at radius 3 is 2.55 bits per heavy atom. The maximum Gasteiger partial charge on any atom is 0.311 e. The standard InChI is InChI=1S/C25H20ClNO2/c1-18-8-10-19(11-9-18)12-13-25(28)29-24-7-2-4-20(15-24)14-22(17-27)21-5-3-6-23(26)16-21/h2-11,14-16H,12-13H2,1H3/b22-14-. The van der Waals surface area contributed by atoms with E-state index in [4.69, 9.17) is 16.3 Å². The maximum absolute atomic E-state index is 12.2. The molecule has 0 saturated carbocycles. The Morgan fingerprint density at radius 2 is 1.83 bits per heavy atom. The molecular formula is C25H20ClNO2. The number of allylic oxidation sites excluding steroid dienone is 1. The Bertz CT molecular complexity index is 1080. The van der Waals surface area contributed by atoms with Crippen molar-refractivity contribution in [3.63, 3.8) is 0 Å². The minimum absolute atomic E-state index is 0.290. The average molecular weight is 402 g/mol. The van der Waals surface area contributed by atoms with Gasteiger partial charge in [-0.1, -0.05) is 65.7 Å². The SMILES string of the molecule is Cc1ccc(CCC(=O)Oc2cccc(/C=C(/C#N)c3cccc(Cl)c3)c2)cc1. The number of nitrogens with zero attached hydrogens (tertiary/aromatic N) is 1. The third-order valence-electron chi connectivity index (χ3n) is 4.40. The van der Waals surface area contributed by atoms with E-state index in [9.17, 15) is 10.1 Å². The van der Waals surface area contributed by atoms with Gasteiger partial charge >= 0.3 is 5.97 Å². The number of halogens is 1. The molecule has 3 aromatic rings. The number of hydrogen-bond acceptors (Lipinski definition) is 3. The predicted octanol–water partition coefficient (Wildman–Crippen LogP) is 6.25. The molecule has 0 radical (unpaired) electrons. The van der Waals surface area contributed by atoms with Crippen LogP contribution in [0.5, 0.6) is 5.75 Å². The van der Waals surface area contributed by atoms with Crippen LogP contribution in [0.3, 0.4) is 0 Å². The molecule has 0 N–H and O–H groups in total. The number of ether oxygens (including phenoxy) is 1. The normalized spacial score (nSPS) is 11.0. The van der Waals surface area contributed by atoms with Gasteiger partial charge in [-0.25, -0.2) is 0 Å². The van der Waals surface area contributed by atoms with E-state index in [0.717, 1.165) is 16.7 Å². The van der Waals surface area contributed by atoms with E-state index >= 15 is 0 Å². The summed E-state index contributed by atoms with van der Waals surface area (Å²) >= 11 is 6.02. The minimum atomic E-state index is -0.290. The third-order valence-corrected chi connectivity index (χ3v) is 4.63. The second-order valence-electron chi connectivity index (χ2n) is 6.71. The molecule has 0 saturated heterocycles. The van der Waals surface area contributed by atoms with Gasteiger partial charge in [0.15, 0.2) is 0 Å². The zero-order chi connectivity index (χ0) is 20.6. The van der Waals surface area contributed by atoms with Gasteiger partial charge in [-0.2, -0.15) is 5.26 Å². The molecule has 0 spiro atoms. The van der Waals surface area contributed by atoms with E-state index in [2.05, 4.69) is 6.07 Å². The Morgan fingerprint density at radius 1 is 1.07 bits per heavy atom. The first-order valence-corrected chi connectivity index (χ1v) is 9.65. The van der Waals surface area contributed by atoms with Crippen molar-refractivity contribution in [2.24, 2.45) is 0 Å². The number of benzene rings is 3. The highest BCUT2D eigenvalue weighted by atomic mass is 35.5. The van der Waals surface area contributed by atoms with Crippen LogP contribution in [0.1, 0.15) is 28.7 Å². The molecule has 0 bridgehead atoms. The van der Waals surface area contributed by atoms with Crippen LogP contribution in [0.2, 0.25) is 5.02 Å². The number of carbonyl (C=O) groups is 1. The fraction of sp³-hybridized carbons (Fsp3) is 0.120. The summed E-state index contributed by atoms with van der Waals surface area (Å²) in [6, 6.07) is 24.5. The summed E-state index contributed by atoms with van der Waals surface area (Å²) in [5, 5.41) is 10.1. The molecule has 29 heavy (non-hydrogen) atoms. The molecule has 0 unspecified atom stereocenters. The van der Waals surface area contributed by atoms with Crippen LogP contribution < -0.4 is 4.74 Å². The van der Waals surface area contributed by atoms with Gasteiger partial charge in [-0.05, 0) is 60.4 Å². The van der Waals surface area contributed by atoms with Gasteiger partial charge in [0.25, 0.3) is 0 Å². The molecule has 0 aromatic heterocycles. The summed E-state index contributed by atoms with van der Waals surface area (Å²) in [6.07, 6.45) is 2.68. The predicted molar refractivity (Wildman–Crippen MR) is 117 cm³/mol. The molecule has 0 atom stereocenters. The molecule has 0 aliphatic rings. The van der Waals surface area contributed by atoms with Crippen LogP contribution >= 0.6 is 11.6 Å². The molecule has 0 amide bonds. The van der Waals surface area contributed by atoms with Gasteiger partial charge in [-0.15, -0.1) is 0 Å². The van der Waals surface area contributed by atoms with E-state index in [0.29, 0.717) is 29.2 Å². The lowest BCUT2D eigenvalue weighted by molar-refractivity contribution is -0.134. The highest BCUT2D eigenvalue weighted by molar-refractivity contribution is 6.30. The van der Waals surface area contributed by atoms with E-state index in [1.807, 2.05) is 43.3 Å². The monoisotopic (exact) mass is 401 g/mol. The van der Waals surface area contributed by atoms with Gasteiger partial charge < -0.3 is 4.74 Å². The summed E-state index contributed by atoms with van der Waals surface area (Å²) < 4.78 is 5.47. The van der Waals surface area contributed by atoms with Gasteiger partial charge in [0.1, 0.15) is 5.75 Å². The number of aryl methyl sites for hydroxylation is 2. The number of hydrogen-bond donors (Lipinski definition) is 0. The second-order valence-corrected chi connectivity index (χ2v) is 7.15. The number of carbonyl (C=O) groups excluding carboxylic acids is 1. The molecule has 3 rings (SSSR count). The fourth-order valence-corrected chi connectivity index (χ4v) is 3.04. The summed E-state index contributed by atoms with van der Waals surface area (Å²) in [7, 11) is 0. The first kappa shape index (κ1) is 20.4. The summed E-state index contributed by atoms with van der Waals surface area (Å²) in [5.41, 5.74) is 4.28. The van der Waals surface area contributed by atoms with Crippen LogP contribution in [0.4, 0.5) is 0 Å². The van der Waals surface area contributed by atoms with Gasteiger partial charge in [-0.3, -0.25) is 4.79 Å². The van der Waals surface area contributed by atoms with Crippen LogP contribution in [-0.4, -0.2) is 5.97 Å². The van der Waals surface area contributed by atoms with E-state index in [1.54, 1.807) is 42.5 Å². The van der Waals surface area contributed by atoms with E-state index in [1.165, 1.54) is 5.56 Å². The van der Waals surface area contributed by atoms with Crippen molar-refractivity contribution in [1.82, 2.24) is 0 Å². The van der Waals surface area contributed by atoms with Crippen molar-refractivity contribution in [1.29, 1.82) is 5.26 Å². The number of rotatable bonds is 6. The number of esters is 1. The zero-order valence-corrected chi connectivity index (χ0v) is 16.8. The molecule has 144 valence electrons. The maximum atomic E-state index is 12.2. The molecular weight excluding hydrogens is 382 g/mol. The Balaban J connectivity index is 1.67. The van der Waals surface area contributed by atoms with Crippen molar-refractivity contribution in [3.8, 4) is 11.8 Å². The smallest absolute Gasteiger partial charge is 0.311 e. The van der Waals surface area contributed by atoms with Crippen LogP contribution in [-0.2, 0) is 11.2 Å². The summed E-state index contributed by atoms with van der Waals surface area (Å²) in [5.74, 6) is 0.165. The fourth-order valence-electron chi connectivity index (χ4n) is 2.85. The molecule has 3 nitrogen and oxygen atoms in total. The van der Waals surface area contributed by atoms with Crippen molar-refractivity contribution in [2.45, 2.75) is 19.8 Å². The molecule has 4 heteroatoms. The van der Waals surface area contributed by atoms with E-state index < -0.39 is 0 Å². The van der Waals surface area contributed by atoms with Crippen LogP contribution in [0.25, 0.3) is 11.6 Å². The lowest BCUT2D eigenvalue weighted by Gasteiger charge is -2.06. The summed E-state index contributed by atoms with van der Waals surface area (Å²) in [6.45, 7) is 2.03. The largest absolute Gasteiger partial charge is 0.426 e. The van der Waals surface area contributed by atoms with E-state index in [-0.39, 0.29) is 5.97 Å². The molecule has 3 aromatic carbocycles. The highest BCUT2D eigenvalue weighted by Crippen LogP contribution is 2.23. The van der Waals surface area contributed by atoms with Crippen molar-refractivity contribution in [3.05, 3.63) is 100 Å². The first-order chi connectivity index (χ1) is 14.0. The highest BCUT2D eigenvalue weighted by Gasteiger charge is 2.07. The lowest BCUT2D eigenvalue weighted by atomic mass is 10.0. The Kier molecular flexibility index (Phi) is 6.84.